The summed E-state index contributed by atoms with van der Waals surface area (Å²) in [6.07, 6.45) is 8.06. The van der Waals surface area contributed by atoms with E-state index >= 15 is 0 Å². The molecule has 5 heteroatoms. The van der Waals surface area contributed by atoms with Crippen molar-refractivity contribution in [3.63, 3.8) is 0 Å². The molecule has 0 aliphatic heterocycles. The third-order valence-electron chi connectivity index (χ3n) is 3.32. The summed E-state index contributed by atoms with van der Waals surface area (Å²) in [5.41, 5.74) is 1.90. The Hall–Kier alpha value is -1.55. The second kappa shape index (κ2) is 6.57. The van der Waals surface area contributed by atoms with Crippen molar-refractivity contribution in [3.05, 3.63) is 45.0 Å². The molecule has 2 rings (SSSR count). The highest BCUT2D eigenvalue weighted by Crippen LogP contribution is 2.32. The molecule has 1 aromatic carbocycles. The first-order valence-corrected chi connectivity index (χ1v) is 6.91. The van der Waals surface area contributed by atoms with Crippen molar-refractivity contribution in [2.45, 2.75) is 32.1 Å². The highest BCUT2D eigenvalue weighted by molar-refractivity contribution is 6.33. The van der Waals surface area contributed by atoms with Gasteiger partial charge in [0.2, 0.25) is 0 Å². The van der Waals surface area contributed by atoms with E-state index in [9.17, 15) is 10.1 Å². The Balaban J connectivity index is 1.97. The van der Waals surface area contributed by atoms with Gasteiger partial charge in [-0.3, -0.25) is 10.1 Å². The maximum Gasteiger partial charge on any atom is 0.310 e. The Morgan fingerprint density at radius 3 is 2.89 bits per heavy atom. The fraction of sp³-hybridized carbons (Fsp3) is 0.429. The van der Waals surface area contributed by atoms with Gasteiger partial charge >= 0.3 is 5.69 Å². The van der Waals surface area contributed by atoms with Gasteiger partial charge in [0.1, 0.15) is 10.7 Å². The third kappa shape index (κ3) is 3.70. The quantitative estimate of drug-likeness (QED) is 0.489. The lowest BCUT2D eigenvalue weighted by molar-refractivity contribution is -0.383. The van der Waals surface area contributed by atoms with Crippen molar-refractivity contribution in [1.29, 1.82) is 0 Å². The first-order chi connectivity index (χ1) is 9.18. The van der Waals surface area contributed by atoms with Crippen LogP contribution >= 0.6 is 11.6 Å². The number of benzene rings is 1. The minimum Gasteiger partial charge on any atom is -0.379 e. The molecule has 1 aliphatic rings. The lowest BCUT2D eigenvalue weighted by Crippen LogP contribution is -2.06. The molecule has 0 fully saturated rings. The van der Waals surface area contributed by atoms with E-state index in [0.717, 1.165) is 19.3 Å². The molecule has 0 spiro atoms. The van der Waals surface area contributed by atoms with Crippen LogP contribution in [0.3, 0.4) is 0 Å². The molecule has 0 radical (unpaired) electrons. The van der Waals surface area contributed by atoms with E-state index in [-0.39, 0.29) is 10.7 Å². The molecule has 0 saturated carbocycles. The number of allylic oxidation sites excluding steroid dienone is 1. The van der Waals surface area contributed by atoms with E-state index in [4.69, 9.17) is 11.6 Å². The predicted octanol–water partition coefficient (Wildman–Crippen LogP) is 4.55. The van der Waals surface area contributed by atoms with Gasteiger partial charge in [0, 0.05) is 6.54 Å². The number of nitrogens with zero attached hydrogens (tertiary/aromatic N) is 1. The zero-order valence-electron chi connectivity index (χ0n) is 10.7. The number of nitro benzene ring substituents is 1. The normalized spacial score (nSPS) is 14.9. The number of hydrogen-bond acceptors (Lipinski definition) is 3. The molecule has 0 heterocycles. The Morgan fingerprint density at radius 1 is 1.37 bits per heavy atom. The van der Waals surface area contributed by atoms with Crippen LogP contribution in [0.15, 0.2) is 29.8 Å². The fourth-order valence-electron chi connectivity index (χ4n) is 2.33. The largest absolute Gasteiger partial charge is 0.379 e. The molecule has 1 aliphatic carbocycles. The van der Waals surface area contributed by atoms with Crippen LogP contribution in [0.2, 0.25) is 5.02 Å². The van der Waals surface area contributed by atoms with Crippen molar-refractivity contribution in [3.8, 4) is 0 Å². The summed E-state index contributed by atoms with van der Waals surface area (Å²) in [6.45, 7) is 0.701. The SMILES string of the molecule is O=[N+]([O-])c1c(Cl)cccc1NCCC1=CCCCC1. The molecular weight excluding hydrogens is 264 g/mol. The van der Waals surface area contributed by atoms with Crippen LogP contribution in [0.25, 0.3) is 0 Å². The first-order valence-electron chi connectivity index (χ1n) is 6.53. The Morgan fingerprint density at radius 2 is 2.21 bits per heavy atom. The van der Waals surface area contributed by atoms with Crippen molar-refractivity contribution in [2.24, 2.45) is 0 Å². The van der Waals surface area contributed by atoms with Gasteiger partial charge in [0.15, 0.2) is 0 Å². The molecule has 0 aromatic heterocycles. The van der Waals surface area contributed by atoms with Crippen LogP contribution in [0.4, 0.5) is 11.4 Å². The second-order valence-electron chi connectivity index (χ2n) is 4.68. The molecule has 102 valence electrons. The standard InChI is InChI=1S/C14H17ClN2O2/c15-12-7-4-8-13(14(12)17(18)19)16-10-9-11-5-2-1-3-6-11/h4-5,7-8,16H,1-3,6,9-10H2. The Bertz CT molecular complexity index is 500. The molecule has 0 saturated heterocycles. The summed E-state index contributed by atoms with van der Waals surface area (Å²) in [5.74, 6) is 0. The van der Waals surface area contributed by atoms with E-state index in [1.807, 2.05) is 0 Å². The van der Waals surface area contributed by atoms with Gasteiger partial charge in [-0.1, -0.05) is 29.3 Å². The van der Waals surface area contributed by atoms with Crippen molar-refractivity contribution >= 4 is 23.0 Å². The first kappa shape index (κ1) is 13.9. The summed E-state index contributed by atoms with van der Waals surface area (Å²) in [4.78, 5) is 10.5. The molecule has 1 aromatic rings. The molecular formula is C14H17ClN2O2. The third-order valence-corrected chi connectivity index (χ3v) is 3.62. The summed E-state index contributed by atoms with van der Waals surface area (Å²) >= 11 is 5.86. The molecule has 0 amide bonds. The summed E-state index contributed by atoms with van der Waals surface area (Å²) in [7, 11) is 0. The van der Waals surface area contributed by atoms with Gasteiger partial charge in [0.25, 0.3) is 0 Å². The van der Waals surface area contributed by atoms with E-state index in [2.05, 4.69) is 11.4 Å². The van der Waals surface area contributed by atoms with Gasteiger partial charge in [-0.2, -0.15) is 0 Å². The average molecular weight is 281 g/mol. The molecule has 0 unspecified atom stereocenters. The molecule has 4 nitrogen and oxygen atoms in total. The number of para-hydroxylation sites is 1. The topological polar surface area (TPSA) is 55.2 Å². The number of nitro groups is 1. The van der Waals surface area contributed by atoms with Crippen LogP contribution in [-0.2, 0) is 0 Å². The van der Waals surface area contributed by atoms with Gasteiger partial charge in [-0.05, 0) is 44.2 Å². The van der Waals surface area contributed by atoms with Crippen molar-refractivity contribution in [2.75, 3.05) is 11.9 Å². The lowest BCUT2D eigenvalue weighted by Gasteiger charge is -2.13. The fourth-order valence-corrected chi connectivity index (χ4v) is 2.58. The van der Waals surface area contributed by atoms with Crippen molar-refractivity contribution < 1.29 is 4.92 Å². The highest BCUT2D eigenvalue weighted by atomic mass is 35.5. The molecule has 1 N–H and O–H groups in total. The van der Waals surface area contributed by atoms with E-state index in [0.29, 0.717) is 12.2 Å². The number of hydrogen-bond donors (Lipinski definition) is 1. The second-order valence-corrected chi connectivity index (χ2v) is 5.09. The van der Waals surface area contributed by atoms with Crippen molar-refractivity contribution in [1.82, 2.24) is 0 Å². The lowest BCUT2D eigenvalue weighted by atomic mass is 9.97. The summed E-state index contributed by atoms with van der Waals surface area (Å²) in [6, 6.07) is 4.95. The summed E-state index contributed by atoms with van der Waals surface area (Å²) < 4.78 is 0. The zero-order chi connectivity index (χ0) is 13.7. The van der Waals surface area contributed by atoms with E-state index in [1.165, 1.54) is 24.5 Å². The van der Waals surface area contributed by atoms with Crippen LogP contribution < -0.4 is 5.32 Å². The molecule has 0 atom stereocenters. The zero-order valence-corrected chi connectivity index (χ0v) is 11.4. The number of nitrogens with one attached hydrogen (secondary N) is 1. The monoisotopic (exact) mass is 280 g/mol. The number of halogens is 1. The van der Waals surface area contributed by atoms with Crippen LogP contribution in [0.5, 0.6) is 0 Å². The highest BCUT2D eigenvalue weighted by Gasteiger charge is 2.17. The van der Waals surface area contributed by atoms with Crippen LogP contribution in [-0.4, -0.2) is 11.5 Å². The number of rotatable bonds is 5. The minimum absolute atomic E-state index is 0.0400. The Labute approximate surface area is 117 Å². The van der Waals surface area contributed by atoms with Gasteiger partial charge in [-0.25, -0.2) is 0 Å². The maximum absolute atomic E-state index is 11.0. The number of anilines is 1. The van der Waals surface area contributed by atoms with Gasteiger partial charge in [0.05, 0.1) is 4.92 Å². The van der Waals surface area contributed by atoms with Crippen LogP contribution in [0.1, 0.15) is 32.1 Å². The van der Waals surface area contributed by atoms with Gasteiger partial charge in [-0.15, -0.1) is 0 Å². The van der Waals surface area contributed by atoms with E-state index < -0.39 is 4.92 Å². The Kier molecular flexibility index (Phi) is 4.80. The summed E-state index contributed by atoms with van der Waals surface area (Å²) in [5, 5.41) is 14.3. The molecule has 0 bridgehead atoms. The minimum atomic E-state index is -0.440. The maximum atomic E-state index is 11.0. The smallest absolute Gasteiger partial charge is 0.310 e. The molecule has 19 heavy (non-hydrogen) atoms. The van der Waals surface area contributed by atoms with Crippen LogP contribution in [0, 0.1) is 10.1 Å². The van der Waals surface area contributed by atoms with E-state index in [1.54, 1.807) is 12.1 Å². The average Bonchev–Trinajstić information content (AvgIpc) is 2.39. The van der Waals surface area contributed by atoms with Gasteiger partial charge < -0.3 is 5.32 Å². The predicted molar refractivity (Wildman–Crippen MR) is 77.8 cm³/mol.